The summed E-state index contributed by atoms with van der Waals surface area (Å²) in [6, 6.07) is 11.3. The number of hydrogen-bond acceptors (Lipinski definition) is 2. The molecule has 2 heterocycles. The molecule has 0 aliphatic carbocycles. The van der Waals surface area contributed by atoms with Gasteiger partial charge in [-0.15, -0.1) is 12.4 Å². The van der Waals surface area contributed by atoms with E-state index < -0.39 is 0 Å². The number of benzene rings is 1. The topological polar surface area (TPSA) is 34.4 Å². The standard InChI is InChI=1S/C12H8N2O.ClH/c15-11-5-7-13-12-10-4-2-1-3-9(10)6-8-14(11)12;/h1-8H;1H. The van der Waals surface area contributed by atoms with Gasteiger partial charge in [0.15, 0.2) is 0 Å². The Labute approximate surface area is 97.8 Å². The molecule has 0 fully saturated rings. The van der Waals surface area contributed by atoms with E-state index in [9.17, 15) is 4.79 Å². The average Bonchev–Trinajstić information content (AvgIpc) is 2.29. The Kier molecular flexibility index (Phi) is 2.62. The second kappa shape index (κ2) is 3.94. The summed E-state index contributed by atoms with van der Waals surface area (Å²) in [6.07, 6.45) is 3.30. The Bertz CT molecular complexity index is 706. The molecule has 0 bridgehead atoms. The molecule has 0 aliphatic heterocycles. The van der Waals surface area contributed by atoms with Crippen molar-refractivity contribution in [3.05, 3.63) is 59.1 Å². The van der Waals surface area contributed by atoms with Crippen molar-refractivity contribution < 1.29 is 0 Å². The quantitative estimate of drug-likeness (QED) is 0.558. The summed E-state index contributed by atoms with van der Waals surface area (Å²) < 4.78 is 1.56. The van der Waals surface area contributed by atoms with Crippen LogP contribution in [-0.4, -0.2) is 9.38 Å². The predicted octanol–water partition coefficient (Wildman–Crippen LogP) is 2.27. The molecule has 0 atom stereocenters. The maximum atomic E-state index is 11.5. The highest BCUT2D eigenvalue weighted by atomic mass is 35.5. The number of rotatable bonds is 0. The van der Waals surface area contributed by atoms with Gasteiger partial charge < -0.3 is 0 Å². The molecule has 1 aromatic carbocycles. The lowest BCUT2D eigenvalue weighted by atomic mass is 10.2. The van der Waals surface area contributed by atoms with Crippen molar-refractivity contribution in [3.63, 3.8) is 0 Å². The molecular formula is C12H9ClN2O. The van der Waals surface area contributed by atoms with Crippen LogP contribution in [0.15, 0.2) is 53.6 Å². The maximum Gasteiger partial charge on any atom is 0.257 e. The molecule has 0 saturated heterocycles. The van der Waals surface area contributed by atoms with Crippen LogP contribution in [0.3, 0.4) is 0 Å². The van der Waals surface area contributed by atoms with Crippen molar-refractivity contribution in [2.45, 2.75) is 0 Å². The summed E-state index contributed by atoms with van der Waals surface area (Å²) in [4.78, 5) is 15.8. The first-order chi connectivity index (χ1) is 7.36. The predicted molar refractivity (Wildman–Crippen MR) is 66.2 cm³/mol. The van der Waals surface area contributed by atoms with Gasteiger partial charge >= 0.3 is 0 Å². The van der Waals surface area contributed by atoms with Gasteiger partial charge in [0.1, 0.15) is 5.65 Å². The fourth-order valence-corrected chi connectivity index (χ4v) is 1.76. The normalized spacial score (nSPS) is 10.2. The minimum absolute atomic E-state index is 0. The van der Waals surface area contributed by atoms with Crippen molar-refractivity contribution >= 4 is 28.8 Å². The molecule has 0 radical (unpaired) electrons. The highest BCUT2D eigenvalue weighted by molar-refractivity contribution is 5.93. The van der Waals surface area contributed by atoms with E-state index in [0.29, 0.717) is 5.65 Å². The molecular weight excluding hydrogens is 224 g/mol. The van der Waals surface area contributed by atoms with Gasteiger partial charge in [-0.25, -0.2) is 4.98 Å². The van der Waals surface area contributed by atoms with Gasteiger partial charge in [0.05, 0.1) is 0 Å². The van der Waals surface area contributed by atoms with Crippen LogP contribution in [0.1, 0.15) is 0 Å². The van der Waals surface area contributed by atoms with E-state index in [-0.39, 0.29) is 18.0 Å². The fraction of sp³-hybridized carbons (Fsp3) is 0. The lowest BCUT2D eigenvalue weighted by molar-refractivity contribution is 1.06. The number of pyridine rings is 1. The third-order valence-corrected chi connectivity index (χ3v) is 2.48. The van der Waals surface area contributed by atoms with Crippen LogP contribution >= 0.6 is 12.4 Å². The molecule has 4 heteroatoms. The third kappa shape index (κ3) is 1.46. The Morgan fingerprint density at radius 1 is 1.06 bits per heavy atom. The van der Waals surface area contributed by atoms with E-state index in [4.69, 9.17) is 0 Å². The van der Waals surface area contributed by atoms with Crippen molar-refractivity contribution in [3.8, 4) is 0 Å². The first kappa shape index (κ1) is 10.6. The molecule has 80 valence electrons. The van der Waals surface area contributed by atoms with Crippen LogP contribution in [0.5, 0.6) is 0 Å². The lowest BCUT2D eigenvalue weighted by Crippen LogP contribution is -2.12. The molecule has 0 unspecified atom stereocenters. The van der Waals surface area contributed by atoms with Crippen molar-refractivity contribution in [1.29, 1.82) is 0 Å². The molecule has 2 aromatic heterocycles. The molecule has 0 aliphatic rings. The highest BCUT2D eigenvalue weighted by Gasteiger charge is 2.00. The minimum Gasteiger partial charge on any atom is -0.269 e. The zero-order valence-corrected chi connectivity index (χ0v) is 9.15. The molecule has 3 nitrogen and oxygen atoms in total. The van der Waals surface area contributed by atoms with Crippen LogP contribution < -0.4 is 5.56 Å². The number of fused-ring (bicyclic) bond motifs is 3. The van der Waals surface area contributed by atoms with Crippen LogP contribution in [0.4, 0.5) is 0 Å². The number of nitrogens with zero attached hydrogens (tertiary/aromatic N) is 2. The second-order valence-electron chi connectivity index (χ2n) is 3.38. The van der Waals surface area contributed by atoms with Gasteiger partial charge in [-0.2, -0.15) is 0 Å². The first-order valence-electron chi connectivity index (χ1n) is 4.71. The Morgan fingerprint density at radius 3 is 2.75 bits per heavy atom. The van der Waals surface area contributed by atoms with Crippen LogP contribution in [0.2, 0.25) is 0 Å². The van der Waals surface area contributed by atoms with Gasteiger partial charge in [0, 0.05) is 23.8 Å². The molecule has 0 amide bonds. The van der Waals surface area contributed by atoms with Gasteiger partial charge in [0.2, 0.25) is 0 Å². The largest absolute Gasteiger partial charge is 0.269 e. The molecule has 0 N–H and O–H groups in total. The molecule has 16 heavy (non-hydrogen) atoms. The van der Waals surface area contributed by atoms with Crippen LogP contribution in [0.25, 0.3) is 16.4 Å². The molecule has 3 aromatic rings. The van der Waals surface area contributed by atoms with Gasteiger partial charge in [-0.3, -0.25) is 9.20 Å². The van der Waals surface area contributed by atoms with Gasteiger partial charge in [0.25, 0.3) is 5.56 Å². The minimum atomic E-state index is -0.0502. The smallest absolute Gasteiger partial charge is 0.257 e. The lowest BCUT2D eigenvalue weighted by Gasteiger charge is -2.02. The van der Waals surface area contributed by atoms with Crippen LogP contribution in [-0.2, 0) is 0 Å². The van der Waals surface area contributed by atoms with E-state index >= 15 is 0 Å². The first-order valence-corrected chi connectivity index (χ1v) is 4.71. The van der Waals surface area contributed by atoms with Gasteiger partial charge in [-0.05, 0) is 11.5 Å². The van der Waals surface area contributed by atoms with E-state index in [1.165, 1.54) is 6.07 Å². The summed E-state index contributed by atoms with van der Waals surface area (Å²) in [5.41, 5.74) is 0.659. The average molecular weight is 233 g/mol. The summed E-state index contributed by atoms with van der Waals surface area (Å²) in [6.45, 7) is 0. The van der Waals surface area contributed by atoms with Crippen LogP contribution in [0, 0.1) is 0 Å². The number of halogens is 1. The zero-order chi connectivity index (χ0) is 10.3. The van der Waals surface area contributed by atoms with Gasteiger partial charge in [-0.1, -0.05) is 24.3 Å². The monoisotopic (exact) mass is 232 g/mol. The highest BCUT2D eigenvalue weighted by Crippen LogP contribution is 2.16. The SMILES string of the molecule is Cl.O=c1ccnc2c3ccccc3ccn12. The van der Waals surface area contributed by atoms with Crippen molar-refractivity contribution in [1.82, 2.24) is 9.38 Å². The Hall–Kier alpha value is -1.87. The second-order valence-corrected chi connectivity index (χ2v) is 3.38. The van der Waals surface area contributed by atoms with Crippen molar-refractivity contribution in [2.75, 3.05) is 0 Å². The molecule has 3 rings (SSSR count). The summed E-state index contributed by atoms with van der Waals surface area (Å²) in [5, 5.41) is 2.09. The zero-order valence-electron chi connectivity index (χ0n) is 8.33. The summed E-state index contributed by atoms with van der Waals surface area (Å²) >= 11 is 0. The molecule has 0 spiro atoms. The van der Waals surface area contributed by atoms with E-state index in [1.54, 1.807) is 16.8 Å². The fourth-order valence-electron chi connectivity index (χ4n) is 1.76. The maximum absolute atomic E-state index is 11.5. The van der Waals surface area contributed by atoms with Crippen molar-refractivity contribution in [2.24, 2.45) is 0 Å². The number of hydrogen-bond donors (Lipinski definition) is 0. The Balaban J connectivity index is 0.000000963. The number of aromatic nitrogens is 2. The van der Waals surface area contributed by atoms with E-state index in [1.807, 2.05) is 30.3 Å². The van der Waals surface area contributed by atoms with E-state index in [0.717, 1.165) is 10.8 Å². The third-order valence-electron chi connectivity index (χ3n) is 2.48. The molecule has 0 saturated carbocycles. The Morgan fingerprint density at radius 2 is 1.88 bits per heavy atom. The summed E-state index contributed by atoms with van der Waals surface area (Å²) in [5.74, 6) is 0. The van der Waals surface area contributed by atoms with E-state index in [2.05, 4.69) is 4.98 Å². The summed E-state index contributed by atoms with van der Waals surface area (Å²) in [7, 11) is 0.